The maximum atomic E-state index is 12.1. The number of ether oxygens (including phenoxy) is 2. The van der Waals surface area contributed by atoms with E-state index < -0.39 is 6.04 Å². The quantitative estimate of drug-likeness (QED) is 0.588. The van der Waals surface area contributed by atoms with Gasteiger partial charge in [0.1, 0.15) is 0 Å². The Labute approximate surface area is 167 Å². The van der Waals surface area contributed by atoms with Gasteiger partial charge in [-0.25, -0.2) is 0 Å². The van der Waals surface area contributed by atoms with Gasteiger partial charge in [0, 0.05) is 0 Å². The predicted molar refractivity (Wildman–Crippen MR) is 108 cm³/mol. The second-order valence-corrected chi connectivity index (χ2v) is 6.85. The standard InChI is InChI=1S/C19H31N3O4.ClH/c1-11(2)18(20)19(24)21-10-17(23)22-13(5)14-7-8-15(26-12(3)4)16(9-14)25-6;/h7-9,11-13,18H,10,20H2,1-6H3,(H,21,24)(H,22,23);1H/t13?,18-;/m0./s1. The summed E-state index contributed by atoms with van der Waals surface area (Å²) in [6.07, 6.45) is 0.0349. The fraction of sp³-hybridized carbons (Fsp3) is 0.579. The number of benzene rings is 1. The second kappa shape index (κ2) is 11.7. The molecule has 2 atom stereocenters. The first-order valence-corrected chi connectivity index (χ1v) is 8.83. The molecule has 0 radical (unpaired) electrons. The van der Waals surface area contributed by atoms with Crippen LogP contribution in [0.25, 0.3) is 0 Å². The summed E-state index contributed by atoms with van der Waals surface area (Å²) in [7, 11) is 1.57. The molecule has 27 heavy (non-hydrogen) atoms. The molecule has 0 saturated heterocycles. The number of carbonyl (C=O) groups excluding carboxylic acids is 2. The van der Waals surface area contributed by atoms with E-state index >= 15 is 0 Å². The molecule has 0 aliphatic rings. The van der Waals surface area contributed by atoms with Crippen molar-refractivity contribution in [1.29, 1.82) is 0 Å². The SMILES string of the molecule is COc1cc(C(C)NC(=O)CNC(=O)[C@@H](N)C(C)C)ccc1OC(C)C.Cl. The maximum absolute atomic E-state index is 12.1. The van der Waals surface area contributed by atoms with Crippen LogP contribution in [0.2, 0.25) is 0 Å². The second-order valence-electron chi connectivity index (χ2n) is 6.85. The number of halogens is 1. The lowest BCUT2D eigenvalue weighted by Crippen LogP contribution is -2.47. The minimum Gasteiger partial charge on any atom is -0.493 e. The summed E-state index contributed by atoms with van der Waals surface area (Å²) in [5, 5.41) is 5.39. The van der Waals surface area contributed by atoms with Gasteiger partial charge in [-0.1, -0.05) is 19.9 Å². The van der Waals surface area contributed by atoms with Crippen molar-refractivity contribution in [1.82, 2.24) is 10.6 Å². The van der Waals surface area contributed by atoms with Gasteiger partial charge in [0.15, 0.2) is 11.5 Å². The number of nitrogens with one attached hydrogen (secondary N) is 2. The van der Waals surface area contributed by atoms with Gasteiger partial charge in [0.2, 0.25) is 11.8 Å². The average Bonchev–Trinajstić information content (AvgIpc) is 2.58. The molecule has 0 fully saturated rings. The highest BCUT2D eigenvalue weighted by atomic mass is 35.5. The molecule has 0 aliphatic heterocycles. The van der Waals surface area contributed by atoms with Crippen molar-refractivity contribution in [2.24, 2.45) is 11.7 Å². The molecule has 2 amide bonds. The Morgan fingerprint density at radius 2 is 1.74 bits per heavy atom. The molecule has 4 N–H and O–H groups in total. The van der Waals surface area contributed by atoms with Crippen LogP contribution in [0, 0.1) is 5.92 Å². The van der Waals surface area contributed by atoms with E-state index in [0.29, 0.717) is 11.5 Å². The lowest BCUT2D eigenvalue weighted by Gasteiger charge is -2.19. The molecule has 154 valence electrons. The van der Waals surface area contributed by atoms with Crippen LogP contribution >= 0.6 is 12.4 Å². The van der Waals surface area contributed by atoms with Gasteiger partial charge in [-0.05, 0) is 44.4 Å². The molecule has 0 bridgehead atoms. The van der Waals surface area contributed by atoms with E-state index in [2.05, 4.69) is 10.6 Å². The number of carbonyl (C=O) groups is 2. The Bertz CT molecular complexity index is 623. The Hall–Kier alpha value is -1.99. The zero-order valence-electron chi connectivity index (χ0n) is 16.9. The first kappa shape index (κ1) is 25.0. The molecule has 1 aromatic rings. The fourth-order valence-electron chi connectivity index (χ4n) is 2.27. The monoisotopic (exact) mass is 401 g/mol. The van der Waals surface area contributed by atoms with Gasteiger partial charge in [-0.15, -0.1) is 12.4 Å². The topological polar surface area (TPSA) is 103 Å². The summed E-state index contributed by atoms with van der Waals surface area (Å²) in [4.78, 5) is 23.9. The van der Waals surface area contributed by atoms with Crippen LogP contribution in [-0.2, 0) is 9.59 Å². The zero-order chi connectivity index (χ0) is 19.9. The minimum atomic E-state index is -0.627. The van der Waals surface area contributed by atoms with Gasteiger partial charge in [0.25, 0.3) is 0 Å². The van der Waals surface area contributed by atoms with E-state index in [1.54, 1.807) is 7.11 Å². The van der Waals surface area contributed by atoms with Crippen LogP contribution in [0.1, 0.15) is 46.2 Å². The summed E-state index contributed by atoms with van der Waals surface area (Å²) >= 11 is 0. The molecule has 0 heterocycles. The van der Waals surface area contributed by atoms with Crippen LogP contribution in [0.5, 0.6) is 11.5 Å². The van der Waals surface area contributed by atoms with Crippen LogP contribution in [0.4, 0.5) is 0 Å². The predicted octanol–water partition coefficient (Wildman–Crippen LogP) is 2.18. The minimum absolute atomic E-state index is 0. The molecule has 1 unspecified atom stereocenters. The van der Waals surface area contributed by atoms with Gasteiger partial charge in [-0.3, -0.25) is 9.59 Å². The van der Waals surface area contributed by atoms with Gasteiger partial charge >= 0.3 is 0 Å². The molecule has 0 aromatic heterocycles. The number of rotatable bonds is 9. The smallest absolute Gasteiger partial charge is 0.239 e. The first-order chi connectivity index (χ1) is 12.1. The normalized spacial score (nSPS) is 12.8. The molecule has 7 nitrogen and oxygen atoms in total. The fourth-order valence-corrected chi connectivity index (χ4v) is 2.27. The van der Waals surface area contributed by atoms with Gasteiger partial charge in [-0.2, -0.15) is 0 Å². The van der Waals surface area contributed by atoms with Gasteiger partial charge in [0.05, 0.1) is 31.8 Å². The van der Waals surface area contributed by atoms with Crippen molar-refractivity contribution in [3.63, 3.8) is 0 Å². The van der Waals surface area contributed by atoms with Crippen LogP contribution in [0.15, 0.2) is 18.2 Å². The Kier molecular flexibility index (Phi) is 10.8. The summed E-state index contributed by atoms with van der Waals surface area (Å²) in [5.41, 5.74) is 6.62. The number of amides is 2. The molecule has 8 heteroatoms. The van der Waals surface area contributed by atoms with Crippen molar-refractivity contribution < 1.29 is 19.1 Å². The van der Waals surface area contributed by atoms with Crippen molar-refractivity contribution in [2.45, 2.75) is 52.8 Å². The highest BCUT2D eigenvalue weighted by Gasteiger charge is 2.18. The third-order valence-electron chi connectivity index (χ3n) is 3.87. The summed E-state index contributed by atoms with van der Waals surface area (Å²) in [5.74, 6) is 0.646. The largest absolute Gasteiger partial charge is 0.493 e. The summed E-state index contributed by atoms with van der Waals surface area (Å²) in [6.45, 7) is 9.33. The number of nitrogens with two attached hydrogens (primary N) is 1. The third-order valence-corrected chi connectivity index (χ3v) is 3.87. The summed E-state index contributed by atoms with van der Waals surface area (Å²) in [6, 6.07) is 4.65. The Morgan fingerprint density at radius 1 is 1.11 bits per heavy atom. The maximum Gasteiger partial charge on any atom is 0.239 e. The van der Waals surface area contributed by atoms with Gasteiger partial charge < -0.3 is 25.8 Å². The van der Waals surface area contributed by atoms with Crippen LogP contribution in [-0.4, -0.2) is 37.6 Å². The van der Waals surface area contributed by atoms with E-state index in [1.165, 1.54) is 0 Å². The highest BCUT2D eigenvalue weighted by Crippen LogP contribution is 2.31. The van der Waals surface area contributed by atoms with E-state index in [9.17, 15) is 9.59 Å². The molecule has 0 saturated carbocycles. The average molecular weight is 402 g/mol. The number of methoxy groups -OCH3 is 1. The van der Waals surface area contributed by atoms with Crippen molar-refractivity contribution in [2.75, 3.05) is 13.7 Å². The van der Waals surface area contributed by atoms with E-state index in [-0.39, 0.29) is 48.8 Å². The van der Waals surface area contributed by atoms with Crippen LogP contribution < -0.4 is 25.8 Å². The van der Waals surface area contributed by atoms with Crippen LogP contribution in [0.3, 0.4) is 0 Å². The molecule has 0 aliphatic carbocycles. The van der Waals surface area contributed by atoms with E-state index in [1.807, 2.05) is 52.8 Å². The highest BCUT2D eigenvalue weighted by molar-refractivity contribution is 5.87. The number of hydrogen-bond acceptors (Lipinski definition) is 5. The van der Waals surface area contributed by atoms with Crippen molar-refractivity contribution in [3.8, 4) is 11.5 Å². The zero-order valence-corrected chi connectivity index (χ0v) is 17.7. The van der Waals surface area contributed by atoms with Crippen molar-refractivity contribution in [3.05, 3.63) is 23.8 Å². The first-order valence-electron chi connectivity index (χ1n) is 8.83. The molecular weight excluding hydrogens is 370 g/mol. The Balaban J connectivity index is 0.00000676. The lowest BCUT2D eigenvalue weighted by atomic mass is 10.1. The lowest BCUT2D eigenvalue weighted by molar-refractivity contribution is -0.127. The molecule has 1 rings (SSSR count). The molecular formula is C19H32ClN3O4. The third kappa shape index (κ3) is 8.05. The van der Waals surface area contributed by atoms with E-state index in [0.717, 1.165) is 5.56 Å². The molecule has 1 aromatic carbocycles. The molecule has 0 spiro atoms. The van der Waals surface area contributed by atoms with E-state index in [4.69, 9.17) is 15.2 Å². The number of hydrogen-bond donors (Lipinski definition) is 3. The summed E-state index contributed by atoms with van der Waals surface area (Å²) < 4.78 is 11.0. The van der Waals surface area contributed by atoms with Crippen molar-refractivity contribution >= 4 is 24.2 Å². The Morgan fingerprint density at radius 3 is 2.26 bits per heavy atom.